The molecule has 0 spiro atoms. The average Bonchev–Trinajstić information content (AvgIpc) is 3.71. The fourth-order valence-corrected chi connectivity index (χ4v) is 6.01. The summed E-state index contributed by atoms with van der Waals surface area (Å²) in [7, 11) is 0. The van der Waals surface area contributed by atoms with Crippen LogP contribution in [0, 0.1) is 12.1 Å². The third kappa shape index (κ3) is 9.65. The maximum atomic E-state index is 12.5. The van der Waals surface area contributed by atoms with E-state index in [-0.39, 0.29) is 10.8 Å². The quantitative estimate of drug-likeness (QED) is 0.125. The van der Waals surface area contributed by atoms with Gasteiger partial charge in [0.2, 0.25) is 0 Å². The molecule has 6 rings (SSSR count). The van der Waals surface area contributed by atoms with Crippen molar-refractivity contribution in [2.45, 2.75) is 77.6 Å². The van der Waals surface area contributed by atoms with Gasteiger partial charge < -0.3 is 0 Å². The van der Waals surface area contributed by atoms with Crippen molar-refractivity contribution in [3.8, 4) is 11.1 Å². The van der Waals surface area contributed by atoms with E-state index in [0.717, 1.165) is 61.3 Å². The molecule has 0 aliphatic heterocycles. The minimum absolute atomic E-state index is 0.167. The topological polar surface area (TPSA) is 0 Å². The Morgan fingerprint density at radius 3 is 1.52 bits per heavy atom. The zero-order valence-electron chi connectivity index (χ0n) is 27.9. The monoisotopic (exact) mass is 734 g/mol. The molecule has 7 heteroatoms. The SMILES string of the molecule is CC(C)(C)c1[c-]c2c(cc1)-c1ccc(C(C)(C)C)cc1C2.FC(F)(F)c1ccc([C](=[Zr+2])c2ccc(C(F)(F)F)cc2)cc1.[C-]1=CC=CC1. The molecule has 0 radical (unpaired) electrons. The number of benzene rings is 4. The maximum absolute atomic E-state index is 12.5. The molecule has 4 aromatic rings. The molecule has 0 bridgehead atoms. The van der Waals surface area contributed by atoms with Gasteiger partial charge in [-0.3, -0.25) is 6.08 Å². The first-order valence-corrected chi connectivity index (χ1v) is 16.8. The minimum atomic E-state index is -4.41. The largest absolute Gasteiger partial charge is 0.273 e. The zero-order chi connectivity index (χ0) is 35.5. The molecule has 0 amide bonds. The van der Waals surface area contributed by atoms with Gasteiger partial charge in [-0.2, -0.15) is 29.8 Å². The van der Waals surface area contributed by atoms with Gasteiger partial charge >= 0.3 is 137 Å². The van der Waals surface area contributed by atoms with Crippen LogP contribution >= 0.6 is 0 Å². The van der Waals surface area contributed by atoms with Gasteiger partial charge in [0.1, 0.15) is 0 Å². The fourth-order valence-electron chi connectivity index (χ4n) is 5.19. The Hall–Kier alpha value is -3.31. The molecule has 2 aliphatic carbocycles. The molecule has 0 unspecified atom stereocenters. The number of hydrogen-bond donors (Lipinski definition) is 0. The van der Waals surface area contributed by atoms with Crippen molar-refractivity contribution < 1.29 is 50.6 Å². The van der Waals surface area contributed by atoms with Crippen LogP contribution in [0.4, 0.5) is 26.3 Å². The van der Waals surface area contributed by atoms with E-state index >= 15 is 0 Å². The summed E-state index contributed by atoms with van der Waals surface area (Å²) in [6.45, 7) is 13.6. The van der Waals surface area contributed by atoms with Crippen molar-refractivity contribution in [3.63, 3.8) is 0 Å². The van der Waals surface area contributed by atoms with E-state index in [2.05, 4.69) is 90.1 Å². The van der Waals surface area contributed by atoms with Gasteiger partial charge in [0, 0.05) is 0 Å². The molecular formula is C41H38F6Zr. The summed E-state index contributed by atoms with van der Waals surface area (Å²) in [4.78, 5) is 0. The number of fused-ring (bicyclic) bond motifs is 3. The molecule has 0 fully saturated rings. The molecule has 0 atom stereocenters. The van der Waals surface area contributed by atoms with Crippen LogP contribution in [0.2, 0.25) is 0 Å². The Labute approximate surface area is 294 Å². The second-order valence-electron chi connectivity index (χ2n) is 13.8. The van der Waals surface area contributed by atoms with Crippen molar-refractivity contribution >= 4 is 3.21 Å². The predicted molar refractivity (Wildman–Crippen MR) is 179 cm³/mol. The van der Waals surface area contributed by atoms with Crippen LogP contribution < -0.4 is 0 Å². The maximum Gasteiger partial charge on any atom is -0.109 e. The average molecular weight is 736 g/mol. The molecule has 248 valence electrons. The Morgan fingerprint density at radius 2 is 1.12 bits per heavy atom. The van der Waals surface area contributed by atoms with Crippen molar-refractivity contribution in [1.29, 1.82) is 0 Å². The third-order valence-corrected chi connectivity index (χ3v) is 9.47. The van der Waals surface area contributed by atoms with Crippen molar-refractivity contribution in [2.24, 2.45) is 0 Å². The van der Waals surface area contributed by atoms with Crippen LogP contribution in [0.1, 0.15) is 92.5 Å². The predicted octanol–water partition coefficient (Wildman–Crippen LogP) is 11.8. The van der Waals surface area contributed by atoms with Crippen LogP contribution in [-0.2, 0) is 53.8 Å². The summed E-state index contributed by atoms with van der Waals surface area (Å²) < 4.78 is 75.6. The van der Waals surface area contributed by atoms with Crippen LogP contribution in [0.25, 0.3) is 11.1 Å². The first-order chi connectivity index (χ1) is 22.2. The van der Waals surface area contributed by atoms with Crippen LogP contribution in [0.3, 0.4) is 0 Å². The third-order valence-electron chi connectivity index (χ3n) is 8.05. The van der Waals surface area contributed by atoms with Gasteiger partial charge in [-0.15, -0.1) is 17.5 Å². The molecule has 0 saturated heterocycles. The normalized spacial score (nSPS) is 13.6. The van der Waals surface area contributed by atoms with Crippen LogP contribution in [0.5, 0.6) is 0 Å². The first kappa shape index (κ1) is 37.5. The number of alkyl halides is 6. The van der Waals surface area contributed by atoms with Crippen molar-refractivity contribution in [2.75, 3.05) is 0 Å². The minimum Gasteiger partial charge on any atom is -0.273 e. The number of halogens is 6. The van der Waals surface area contributed by atoms with Crippen molar-refractivity contribution in [1.82, 2.24) is 0 Å². The number of rotatable bonds is 2. The van der Waals surface area contributed by atoms with Gasteiger partial charge in [0.15, 0.2) is 0 Å². The van der Waals surface area contributed by atoms with Gasteiger partial charge in [-0.25, -0.2) is 12.2 Å². The molecule has 0 heterocycles. The summed E-state index contributed by atoms with van der Waals surface area (Å²) in [5, 5.41) is 0. The van der Waals surface area contributed by atoms with E-state index in [1.165, 1.54) is 57.6 Å². The van der Waals surface area contributed by atoms with E-state index in [4.69, 9.17) is 0 Å². The molecule has 0 N–H and O–H groups in total. The Kier molecular flexibility index (Phi) is 11.5. The second-order valence-corrected chi connectivity index (χ2v) is 15.1. The summed E-state index contributed by atoms with van der Waals surface area (Å²) >= 11 is 0.898. The summed E-state index contributed by atoms with van der Waals surface area (Å²) in [6, 6.07) is 24.3. The second kappa shape index (κ2) is 14.7. The zero-order valence-corrected chi connectivity index (χ0v) is 30.4. The van der Waals surface area contributed by atoms with E-state index in [9.17, 15) is 26.3 Å². The van der Waals surface area contributed by atoms with Crippen molar-refractivity contribution in [3.05, 3.63) is 154 Å². The van der Waals surface area contributed by atoms with Gasteiger partial charge in [-0.1, -0.05) is 65.3 Å². The van der Waals surface area contributed by atoms with E-state index in [0.29, 0.717) is 14.3 Å². The van der Waals surface area contributed by atoms with Crippen LogP contribution in [-0.4, -0.2) is 3.21 Å². The molecule has 2 aliphatic rings. The summed E-state index contributed by atoms with van der Waals surface area (Å²) in [5.41, 5.74) is 8.31. The molecule has 0 nitrogen and oxygen atoms in total. The van der Waals surface area contributed by atoms with E-state index < -0.39 is 23.5 Å². The molecule has 0 aromatic heterocycles. The van der Waals surface area contributed by atoms with Crippen LogP contribution in [0.15, 0.2) is 97.1 Å². The standard InChI is InChI=1S/C21H25.C15H8F6.C5H5.Zr/c1-20(2,3)16-7-9-18-14(12-16)11-15-13-17(21(4,5)6)8-10-19(15)18;16-14(17,18)12-5-1-10(2-6-12)9-11-3-7-13(8-4-11)15(19,20)21;1-2-4-5-3-1;/h7-10,12H,11H2,1-6H3;1-8H;1-3H,4H2;/q-1;;-1;+2. The summed E-state index contributed by atoms with van der Waals surface area (Å²) in [5.74, 6) is 0. The van der Waals surface area contributed by atoms with Gasteiger partial charge in [0.05, 0.1) is 0 Å². The first-order valence-electron chi connectivity index (χ1n) is 15.6. The molecule has 4 aromatic carbocycles. The number of allylic oxidation sites excluding steroid dienone is 4. The van der Waals surface area contributed by atoms with E-state index in [1.54, 1.807) is 0 Å². The number of hydrogen-bond acceptors (Lipinski definition) is 0. The molecule has 48 heavy (non-hydrogen) atoms. The molecular weight excluding hydrogens is 698 g/mol. The Balaban J connectivity index is 0.000000189. The smallest absolute Gasteiger partial charge is 0.109 e. The van der Waals surface area contributed by atoms with Gasteiger partial charge in [0.25, 0.3) is 0 Å². The van der Waals surface area contributed by atoms with E-state index in [1.807, 2.05) is 12.2 Å². The summed E-state index contributed by atoms with van der Waals surface area (Å²) in [6.07, 6.45) is 2.21. The Morgan fingerprint density at radius 1 is 0.625 bits per heavy atom. The molecule has 0 saturated carbocycles. The fraction of sp³-hybridized carbons (Fsp3) is 0.293. The Bertz CT molecular complexity index is 1660. The van der Waals surface area contributed by atoms with Gasteiger partial charge in [-0.05, 0) is 28.4 Å².